The first kappa shape index (κ1) is 18.1. The second-order valence-electron chi connectivity index (χ2n) is 6.56. The maximum atomic E-state index is 13.6. The molecule has 0 saturated heterocycles. The molecule has 0 saturated carbocycles. The predicted octanol–water partition coefficient (Wildman–Crippen LogP) is 6.36. The number of fused-ring (bicyclic) bond motifs is 1. The number of halogens is 1. The summed E-state index contributed by atoms with van der Waals surface area (Å²) in [5.41, 5.74) is 4.53. The fourth-order valence-corrected chi connectivity index (χ4v) is 3.85. The third-order valence-corrected chi connectivity index (χ3v) is 5.53. The van der Waals surface area contributed by atoms with Gasteiger partial charge in [-0.1, -0.05) is 18.2 Å². The summed E-state index contributed by atoms with van der Waals surface area (Å²) in [4.78, 5) is 16.9. The molecule has 0 spiro atoms. The van der Waals surface area contributed by atoms with Gasteiger partial charge < -0.3 is 10.6 Å². The van der Waals surface area contributed by atoms with Crippen molar-refractivity contribution in [3.8, 4) is 10.6 Å². The Morgan fingerprint density at radius 1 is 0.964 bits per heavy atom. The van der Waals surface area contributed by atoms with Crippen molar-refractivity contribution in [2.45, 2.75) is 13.8 Å². The molecule has 0 unspecified atom stereocenters. The van der Waals surface area contributed by atoms with Crippen LogP contribution < -0.4 is 10.6 Å². The maximum absolute atomic E-state index is 13.6. The Morgan fingerprint density at radius 3 is 2.54 bits per heavy atom. The molecule has 4 nitrogen and oxygen atoms in total. The molecule has 0 aliphatic carbocycles. The summed E-state index contributed by atoms with van der Waals surface area (Å²) in [6, 6.07) is 18.0. The van der Waals surface area contributed by atoms with Crippen molar-refractivity contribution in [3.63, 3.8) is 0 Å². The number of carbonyl (C=O) groups excluding carboxylic acids is 1. The largest absolute Gasteiger partial charge is 0.323 e. The minimum absolute atomic E-state index is 0.353. The van der Waals surface area contributed by atoms with Crippen molar-refractivity contribution >= 4 is 39.0 Å². The van der Waals surface area contributed by atoms with Gasteiger partial charge in [-0.2, -0.15) is 0 Å². The van der Waals surface area contributed by atoms with Crippen LogP contribution in [0.4, 0.5) is 20.6 Å². The molecular weight excluding hydrogens is 373 g/mol. The van der Waals surface area contributed by atoms with Crippen LogP contribution in [0.15, 0.2) is 60.7 Å². The first-order chi connectivity index (χ1) is 13.5. The van der Waals surface area contributed by atoms with E-state index in [-0.39, 0.29) is 5.82 Å². The van der Waals surface area contributed by atoms with E-state index in [2.05, 4.69) is 21.7 Å². The van der Waals surface area contributed by atoms with Crippen LogP contribution in [0.5, 0.6) is 0 Å². The average Bonchev–Trinajstić information content (AvgIpc) is 3.10. The second kappa shape index (κ2) is 7.40. The van der Waals surface area contributed by atoms with E-state index < -0.39 is 6.03 Å². The number of hydrogen-bond donors (Lipinski definition) is 2. The van der Waals surface area contributed by atoms with Crippen LogP contribution in [-0.2, 0) is 0 Å². The predicted molar refractivity (Wildman–Crippen MR) is 114 cm³/mol. The lowest BCUT2D eigenvalue weighted by molar-refractivity contribution is 0.262. The summed E-state index contributed by atoms with van der Waals surface area (Å²) in [6.45, 7) is 3.60. The fourth-order valence-electron chi connectivity index (χ4n) is 2.89. The third kappa shape index (κ3) is 3.73. The number of thiazole rings is 1. The molecule has 6 heteroatoms. The smallest absolute Gasteiger partial charge is 0.308 e. The lowest BCUT2D eigenvalue weighted by Crippen LogP contribution is -2.20. The topological polar surface area (TPSA) is 54.0 Å². The third-order valence-electron chi connectivity index (χ3n) is 4.45. The fraction of sp³-hybridized carbons (Fsp3) is 0.0909. The zero-order valence-electron chi connectivity index (χ0n) is 15.4. The van der Waals surface area contributed by atoms with Gasteiger partial charge in [0.05, 0.1) is 10.2 Å². The lowest BCUT2D eigenvalue weighted by Gasteiger charge is -2.11. The van der Waals surface area contributed by atoms with Crippen molar-refractivity contribution in [2.75, 3.05) is 10.6 Å². The van der Waals surface area contributed by atoms with E-state index in [1.54, 1.807) is 30.4 Å². The van der Waals surface area contributed by atoms with Crippen LogP contribution in [0.25, 0.3) is 20.8 Å². The molecule has 0 bridgehead atoms. The van der Waals surface area contributed by atoms with E-state index in [1.165, 1.54) is 6.07 Å². The van der Waals surface area contributed by atoms with Gasteiger partial charge in [-0.05, 0) is 67.4 Å². The number of nitrogens with zero attached hydrogens (tertiary/aromatic N) is 1. The van der Waals surface area contributed by atoms with Gasteiger partial charge in [-0.15, -0.1) is 11.3 Å². The molecule has 0 aliphatic heterocycles. The van der Waals surface area contributed by atoms with Crippen molar-refractivity contribution in [1.82, 2.24) is 4.98 Å². The highest BCUT2D eigenvalue weighted by atomic mass is 32.1. The summed E-state index contributed by atoms with van der Waals surface area (Å²) < 4.78 is 14.8. The molecule has 0 atom stereocenters. The molecule has 0 aliphatic rings. The van der Waals surface area contributed by atoms with E-state index in [0.29, 0.717) is 16.9 Å². The van der Waals surface area contributed by atoms with Gasteiger partial charge in [0.15, 0.2) is 0 Å². The molecular formula is C22H18FN3OS. The van der Waals surface area contributed by atoms with Gasteiger partial charge in [-0.3, -0.25) is 0 Å². The monoisotopic (exact) mass is 391 g/mol. The van der Waals surface area contributed by atoms with Gasteiger partial charge in [0.25, 0.3) is 0 Å². The Kier molecular flexibility index (Phi) is 4.79. The zero-order valence-corrected chi connectivity index (χ0v) is 16.2. The van der Waals surface area contributed by atoms with Gasteiger partial charge in [-0.25, -0.2) is 14.2 Å². The number of para-hydroxylation sites is 1. The highest BCUT2D eigenvalue weighted by Crippen LogP contribution is 2.32. The molecule has 28 heavy (non-hydrogen) atoms. The van der Waals surface area contributed by atoms with Gasteiger partial charge >= 0.3 is 6.03 Å². The summed E-state index contributed by atoms with van der Waals surface area (Å²) in [5, 5.41) is 6.40. The normalized spacial score (nSPS) is 10.8. The average molecular weight is 391 g/mol. The zero-order chi connectivity index (χ0) is 19.7. The minimum atomic E-state index is -0.418. The minimum Gasteiger partial charge on any atom is -0.308 e. The Labute approximate surface area is 166 Å². The number of amides is 2. The van der Waals surface area contributed by atoms with Crippen molar-refractivity contribution in [3.05, 3.63) is 77.6 Å². The summed E-state index contributed by atoms with van der Waals surface area (Å²) in [5.74, 6) is -0.353. The number of urea groups is 1. The number of aromatic nitrogens is 1. The van der Waals surface area contributed by atoms with E-state index in [9.17, 15) is 9.18 Å². The Balaban J connectivity index is 1.51. The highest BCUT2D eigenvalue weighted by Gasteiger charge is 2.10. The number of nitrogens with one attached hydrogen (secondary N) is 2. The molecule has 3 aromatic carbocycles. The number of carbonyl (C=O) groups is 1. The first-order valence-electron chi connectivity index (χ1n) is 8.80. The van der Waals surface area contributed by atoms with Crippen LogP contribution in [0.2, 0.25) is 0 Å². The molecule has 2 amide bonds. The van der Waals surface area contributed by atoms with E-state index in [1.807, 2.05) is 43.3 Å². The number of hydrogen-bond acceptors (Lipinski definition) is 3. The van der Waals surface area contributed by atoms with Gasteiger partial charge in [0.1, 0.15) is 10.8 Å². The quantitative estimate of drug-likeness (QED) is 0.427. The number of aryl methyl sites for hydroxylation is 2. The first-order valence-corrected chi connectivity index (χ1v) is 9.62. The molecule has 0 fully saturated rings. The Bertz CT molecular complexity index is 1150. The van der Waals surface area contributed by atoms with Crippen LogP contribution >= 0.6 is 11.3 Å². The standard InChI is InChI=1S/C22H18FN3OS/c1-13-7-9-16(12-17(13)23)24-22(27)26-18-10-8-15(11-14(18)2)21-25-19-5-3-4-6-20(19)28-21/h3-12H,1-2H3,(H2,24,26,27). The molecule has 4 aromatic rings. The second-order valence-corrected chi connectivity index (χ2v) is 7.59. The molecule has 4 rings (SSSR count). The lowest BCUT2D eigenvalue weighted by atomic mass is 10.1. The van der Waals surface area contributed by atoms with Crippen LogP contribution in [-0.4, -0.2) is 11.0 Å². The van der Waals surface area contributed by atoms with Crippen LogP contribution in [0.1, 0.15) is 11.1 Å². The van der Waals surface area contributed by atoms with Crippen molar-refractivity contribution < 1.29 is 9.18 Å². The molecule has 1 aromatic heterocycles. The van der Waals surface area contributed by atoms with Gasteiger partial charge in [0, 0.05) is 16.9 Å². The van der Waals surface area contributed by atoms with E-state index in [0.717, 1.165) is 26.4 Å². The van der Waals surface area contributed by atoms with Gasteiger partial charge in [0.2, 0.25) is 0 Å². The summed E-state index contributed by atoms with van der Waals surface area (Å²) in [6.07, 6.45) is 0. The summed E-state index contributed by atoms with van der Waals surface area (Å²) in [7, 11) is 0. The van der Waals surface area contributed by atoms with Crippen LogP contribution in [0, 0.1) is 19.7 Å². The molecule has 140 valence electrons. The SMILES string of the molecule is Cc1ccc(NC(=O)Nc2ccc(-c3nc4ccccc4s3)cc2C)cc1F. The van der Waals surface area contributed by atoms with Crippen LogP contribution in [0.3, 0.4) is 0 Å². The Morgan fingerprint density at radius 2 is 1.79 bits per heavy atom. The molecule has 0 radical (unpaired) electrons. The van der Waals surface area contributed by atoms with E-state index in [4.69, 9.17) is 0 Å². The molecule has 1 heterocycles. The van der Waals surface area contributed by atoms with E-state index >= 15 is 0 Å². The maximum Gasteiger partial charge on any atom is 0.323 e. The van der Waals surface area contributed by atoms with Crippen molar-refractivity contribution in [1.29, 1.82) is 0 Å². The number of rotatable bonds is 3. The van der Waals surface area contributed by atoms with Crippen molar-refractivity contribution in [2.24, 2.45) is 0 Å². The number of benzene rings is 3. The highest BCUT2D eigenvalue weighted by molar-refractivity contribution is 7.21. The summed E-state index contributed by atoms with van der Waals surface area (Å²) >= 11 is 1.64. The molecule has 2 N–H and O–H groups in total. The number of anilines is 2. The Hall–Kier alpha value is -3.25.